The molecule has 1 amide bonds. The molecule has 0 saturated carbocycles. The molecule has 0 aromatic rings. The Bertz CT molecular complexity index is 383. The first-order valence-corrected chi connectivity index (χ1v) is 5.54. The number of aliphatic hydroxyl groups excluding tert-OH is 1. The van der Waals surface area contributed by atoms with E-state index in [0.29, 0.717) is 6.42 Å². The summed E-state index contributed by atoms with van der Waals surface area (Å²) in [5.41, 5.74) is -0.934. The van der Waals surface area contributed by atoms with Gasteiger partial charge in [0.1, 0.15) is 0 Å². The Hall–Kier alpha value is -1.46. The fourth-order valence-corrected chi connectivity index (χ4v) is 2.04. The van der Waals surface area contributed by atoms with Gasteiger partial charge in [-0.05, 0) is 30.7 Å². The molecule has 1 aliphatic carbocycles. The van der Waals surface area contributed by atoms with Gasteiger partial charge < -0.3 is 14.7 Å². The second-order valence-electron chi connectivity index (χ2n) is 4.24. The van der Waals surface area contributed by atoms with Gasteiger partial charge in [-0.3, -0.25) is 9.59 Å². The van der Waals surface area contributed by atoms with Crippen molar-refractivity contribution in [1.29, 1.82) is 0 Å². The topological polar surface area (TPSA) is 66.8 Å². The smallest absolute Gasteiger partial charge is 0.230 e. The highest BCUT2D eigenvalue weighted by Gasteiger charge is 2.43. The largest absolute Gasteiger partial charge is 0.396 e. The zero-order valence-corrected chi connectivity index (χ0v) is 9.63. The molecule has 92 valence electrons. The Morgan fingerprint density at radius 3 is 2.71 bits per heavy atom. The summed E-state index contributed by atoms with van der Waals surface area (Å²) in [4.78, 5) is 24.6. The Kier molecular flexibility index (Phi) is 3.13. The molecule has 17 heavy (non-hydrogen) atoms. The lowest BCUT2D eigenvalue weighted by molar-refractivity contribution is -0.176. The highest BCUT2D eigenvalue weighted by molar-refractivity contribution is 6.00. The number of amides is 1. The lowest BCUT2D eigenvalue weighted by Gasteiger charge is -2.44. The highest BCUT2D eigenvalue weighted by atomic mass is 16.5. The third kappa shape index (κ3) is 2.03. The van der Waals surface area contributed by atoms with Crippen LogP contribution in [-0.4, -0.2) is 47.7 Å². The van der Waals surface area contributed by atoms with E-state index < -0.39 is 5.72 Å². The van der Waals surface area contributed by atoms with Crippen molar-refractivity contribution in [2.24, 2.45) is 5.92 Å². The van der Waals surface area contributed by atoms with Crippen molar-refractivity contribution >= 4 is 11.7 Å². The molecular weight excluding hydrogens is 222 g/mol. The van der Waals surface area contributed by atoms with E-state index in [1.165, 1.54) is 17.1 Å². The molecule has 0 aromatic heterocycles. The van der Waals surface area contributed by atoms with Crippen molar-refractivity contribution in [1.82, 2.24) is 4.90 Å². The molecule has 1 aliphatic heterocycles. The van der Waals surface area contributed by atoms with Gasteiger partial charge in [-0.1, -0.05) is 0 Å². The predicted octanol–water partition coefficient (Wildman–Crippen LogP) is -0.135. The van der Waals surface area contributed by atoms with Crippen molar-refractivity contribution in [3.8, 4) is 0 Å². The normalized spacial score (nSPS) is 26.9. The average Bonchev–Trinajstić information content (AvgIpc) is 2.34. The minimum absolute atomic E-state index is 0.0369. The van der Waals surface area contributed by atoms with Crippen LogP contribution in [0.25, 0.3) is 0 Å². The van der Waals surface area contributed by atoms with Crippen LogP contribution in [-0.2, 0) is 14.3 Å². The number of rotatable bonds is 2. The van der Waals surface area contributed by atoms with Crippen molar-refractivity contribution in [2.75, 3.05) is 20.3 Å². The number of carbonyl (C=O) groups is 2. The molecule has 1 unspecified atom stereocenters. The molecular formula is C12H15NO4. The number of hydrogen-bond acceptors (Lipinski definition) is 4. The molecule has 1 heterocycles. The summed E-state index contributed by atoms with van der Waals surface area (Å²) in [6.07, 6.45) is 6.36. The van der Waals surface area contributed by atoms with Gasteiger partial charge in [-0.15, -0.1) is 0 Å². The summed E-state index contributed by atoms with van der Waals surface area (Å²) in [5, 5.41) is 8.86. The zero-order valence-electron chi connectivity index (χ0n) is 9.63. The quantitative estimate of drug-likeness (QED) is 0.726. The lowest BCUT2D eigenvalue weighted by atomic mass is 9.97. The summed E-state index contributed by atoms with van der Waals surface area (Å²) in [7, 11) is 1.64. The van der Waals surface area contributed by atoms with E-state index >= 15 is 0 Å². The van der Waals surface area contributed by atoms with Crippen LogP contribution in [0.1, 0.15) is 6.42 Å². The number of ether oxygens (including phenoxy) is 1. The van der Waals surface area contributed by atoms with Crippen LogP contribution in [0.15, 0.2) is 24.3 Å². The Morgan fingerprint density at radius 2 is 2.12 bits per heavy atom. The second kappa shape index (κ2) is 4.43. The summed E-state index contributed by atoms with van der Waals surface area (Å²) >= 11 is 0. The van der Waals surface area contributed by atoms with Crippen LogP contribution in [0.2, 0.25) is 0 Å². The molecule has 5 nitrogen and oxygen atoms in total. The fourth-order valence-electron chi connectivity index (χ4n) is 2.04. The monoisotopic (exact) mass is 237 g/mol. The van der Waals surface area contributed by atoms with Gasteiger partial charge in [-0.25, -0.2) is 0 Å². The third-order valence-corrected chi connectivity index (χ3v) is 3.17. The SMILES string of the molecule is CN1C(=O)C(CCO)COC12C=CC(=O)C=C2. The molecule has 1 atom stereocenters. The Labute approximate surface area is 99.4 Å². The van der Waals surface area contributed by atoms with Gasteiger partial charge in [0.05, 0.1) is 12.5 Å². The second-order valence-corrected chi connectivity index (χ2v) is 4.24. The summed E-state index contributed by atoms with van der Waals surface area (Å²) in [6.45, 7) is 0.220. The van der Waals surface area contributed by atoms with E-state index in [2.05, 4.69) is 0 Å². The molecule has 1 fully saturated rings. The lowest BCUT2D eigenvalue weighted by Crippen LogP contribution is -2.57. The zero-order chi connectivity index (χ0) is 12.5. The van der Waals surface area contributed by atoms with Gasteiger partial charge in [-0.2, -0.15) is 0 Å². The van der Waals surface area contributed by atoms with Gasteiger partial charge in [0.15, 0.2) is 11.5 Å². The van der Waals surface area contributed by atoms with Crippen LogP contribution in [0.5, 0.6) is 0 Å². The summed E-state index contributed by atoms with van der Waals surface area (Å²) < 4.78 is 5.67. The summed E-state index contributed by atoms with van der Waals surface area (Å²) in [5.74, 6) is -0.499. The first kappa shape index (κ1) is 12.0. The van der Waals surface area contributed by atoms with Crippen LogP contribution in [0.4, 0.5) is 0 Å². The van der Waals surface area contributed by atoms with E-state index in [0.717, 1.165) is 0 Å². The average molecular weight is 237 g/mol. The number of carbonyl (C=O) groups excluding carboxylic acids is 2. The molecule has 5 heteroatoms. The fraction of sp³-hybridized carbons (Fsp3) is 0.500. The molecule has 0 aromatic carbocycles. The van der Waals surface area contributed by atoms with Crippen molar-refractivity contribution in [3.05, 3.63) is 24.3 Å². The number of ketones is 1. The minimum atomic E-state index is -0.934. The van der Waals surface area contributed by atoms with Crippen LogP contribution >= 0.6 is 0 Å². The van der Waals surface area contributed by atoms with Gasteiger partial charge >= 0.3 is 0 Å². The number of allylic oxidation sites excluding steroid dienone is 2. The van der Waals surface area contributed by atoms with Crippen LogP contribution in [0.3, 0.4) is 0 Å². The molecule has 0 bridgehead atoms. The van der Waals surface area contributed by atoms with Gasteiger partial charge in [0.25, 0.3) is 0 Å². The van der Waals surface area contributed by atoms with Crippen molar-refractivity contribution < 1.29 is 19.4 Å². The summed E-state index contributed by atoms with van der Waals surface area (Å²) in [6, 6.07) is 0. The number of hydrogen-bond donors (Lipinski definition) is 1. The Balaban J connectivity index is 2.19. The Morgan fingerprint density at radius 1 is 1.47 bits per heavy atom. The number of nitrogens with zero attached hydrogens (tertiary/aromatic N) is 1. The van der Waals surface area contributed by atoms with Gasteiger partial charge in [0.2, 0.25) is 5.91 Å². The predicted molar refractivity (Wildman–Crippen MR) is 59.9 cm³/mol. The third-order valence-electron chi connectivity index (χ3n) is 3.17. The molecule has 1 saturated heterocycles. The van der Waals surface area contributed by atoms with E-state index in [4.69, 9.17) is 9.84 Å². The number of likely N-dealkylation sites (N-methyl/N-ethyl adjacent to an activating group) is 1. The molecule has 1 N–H and O–H groups in total. The standard InChI is InChI=1S/C12H15NO4/c1-13-11(16)9(4-7-14)8-17-12(13)5-2-10(15)3-6-12/h2-3,5-6,9,14H,4,7-8H2,1H3. The van der Waals surface area contributed by atoms with Crippen LogP contribution < -0.4 is 0 Å². The molecule has 1 spiro atoms. The van der Waals surface area contributed by atoms with Gasteiger partial charge in [0, 0.05) is 13.7 Å². The first-order chi connectivity index (χ1) is 8.09. The molecule has 2 aliphatic rings. The maximum Gasteiger partial charge on any atom is 0.230 e. The maximum atomic E-state index is 12.1. The maximum absolute atomic E-state index is 12.1. The van der Waals surface area contributed by atoms with E-state index in [-0.39, 0.29) is 30.8 Å². The molecule has 2 rings (SSSR count). The van der Waals surface area contributed by atoms with E-state index in [9.17, 15) is 9.59 Å². The minimum Gasteiger partial charge on any atom is -0.396 e. The number of aliphatic hydroxyl groups is 1. The van der Waals surface area contributed by atoms with Crippen molar-refractivity contribution in [2.45, 2.75) is 12.1 Å². The van der Waals surface area contributed by atoms with E-state index in [1.807, 2.05) is 0 Å². The van der Waals surface area contributed by atoms with E-state index in [1.54, 1.807) is 19.2 Å². The van der Waals surface area contributed by atoms with Crippen molar-refractivity contribution in [3.63, 3.8) is 0 Å². The molecule has 0 radical (unpaired) electrons. The van der Waals surface area contributed by atoms with Crippen LogP contribution in [0, 0.1) is 5.92 Å². The highest BCUT2D eigenvalue weighted by Crippen LogP contribution is 2.30. The first-order valence-electron chi connectivity index (χ1n) is 5.54.